The van der Waals surface area contributed by atoms with E-state index in [4.69, 9.17) is 4.74 Å². The van der Waals surface area contributed by atoms with Gasteiger partial charge in [-0.05, 0) is 36.6 Å². The van der Waals surface area contributed by atoms with E-state index in [-0.39, 0.29) is 18.6 Å². The Kier molecular flexibility index (Phi) is 3.90. The van der Waals surface area contributed by atoms with Crippen molar-refractivity contribution in [2.45, 2.75) is 19.4 Å². The smallest absolute Gasteiger partial charge is 0.254 e. The Morgan fingerprint density at radius 1 is 1.53 bits per heavy atom. The molecule has 1 aliphatic heterocycles. The van der Waals surface area contributed by atoms with Crippen molar-refractivity contribution in [3.05, 3.63) is 35.4 Å². The van der Waals surface area contributed by atoms with Gasteiger partial charge in [0.2, 0.25) is 0 Å². The summed E-state index contributed by atoms with van der Waals surface area (Å²) in [7, 11) is 3.34. The highest BCUT2D eigenvalue weighted by Crippen LogP contribution is 2.30. The van der Waals surface area contributed by atoms with Crippen LogP contribution in [0, 0.1) is 0 Å². The van der Waals surface area contributed by atoms with Crippen LogP contribution < -0.4 is 4.74 Å². The zero-order chi connectivity index (χ0) is 14.0. The minimum absolute atomic E-state index is 0.0370. The Morgan fingerprint density at radius 3 is 2.84 bits per heavy atom. The highest BCUT2D eigenvalue weighted by atomic mass is 16.5. The molecule has 0 spiro atoms. The number of allylic oxidation sites excluding steroid dienone is 1. The van der Waals surface area contributed by atoms with Crippen LogP contribution in [0.4, 0.5) is 0 Å². The van der Waals surface area contributed by atoms with Gasteiger partial charge in [-0.3, -0.25) is 4.79 Å². The van der Waals surface area contributed by atoms with Gasteiger partial charge in [-0.25, -0.2) is 0 Å². The molecule has 2 rings (SSSR count). The monoisotopic (exact) mass is 261 g/mol. The number of amides is 1. The van der Waals surface area contributed by atoms with E-state index >= 15 is 0 Å². The molecule has 1 heterocycles. The highest BCUT2D eigenvalue weighted by molar-refractivity contribution is 6.20. The molecule has 0 fully saturated rings. The van der Waals surface area contributed by atoms with Crippen molar-refractivity contribution in [2.75, 3.05) is 20.8 Å². The Morgan fingerprint density at radius 2 is 2.26 bits per heavy atom. The summed E-state index contributed by atoms with van der Waals surface area (Å²) in [4.78, 5) is 14.0. The van der Waals surface area contributed by atoms with Crippen LogP contribution >= 0.6 is 0 Å². The molecule has 1 aromatic carbocycles. The van der Waals surface area contributed by atoms with Crippen molar-refractivity contribution in [2.24, 2.45) is 0 Å². The van der Waals surface area contributed by atoms with Gasteiger partial charge >= 0.3 is 0 Å². The van der Waals surface area contributed by atoms with E-state index in [0.29, 0.717) is 12.0 Å². The van der Waals surface area contributed by atoms with Gasteiger partial charge in [0, 0.05) is 12.6 Å². The average molecular weight is 261 g/mol. The fraction of sp³-hybridized carbons (Fsp3) is 0.400. The molecule has 0 saturated heterocycles. The number of hydrogen-bond acceptors (Lipinski definition) is 3. The van der Waals surface area contributed by atoms with Crippen molar-refractivity contribution in [1.29, 1.82) is 0 Å². The Labute approximate surface area is 113 Å². The Hall–Kier alpha value is -1.81. The van der Waals surface area contributed by atoms with Gasteiger partial charge < -0.3 is 14.7 Å². The summed E-state index contributed by atoms with van der Waals surface area (Å²) in [6, 6.07) is 5.55. The molecule has 4 nitrogen and oxygen atoms in total. The number of nitrogens with zero attached hydrogens (tertiary/aromatic N) is 1. The molecule has 1 amide bonds. The summed E-state index contributed by atoms with van der Waals surface area (Å²) >= 11 is 0. The van der Waals surface area contributed by atoms with Gasteiger partial charge in [-0.2, -0.15) is 0 Å². The maximum Gasteiger partial charge on any atom is 0.254 e. The molecule has 0 saturated carbocycles. The van der Waals surface area contributed by atoms with Crippen molar-refractivity contribution >= 4 is 11.5 Å². The quantitative estimate of drug-likeness (QED) is 0.820. The fourth-order valence-corrected chi connectivity index (χ4v) is 2.44. The number of likely N-dealkylation sites (N-methyl/N-ethyl adjacent to an activating group) is 1. The first kappa shape index (κ1) is 13.6. The van der Waals surface area contributed by atoms with E-state index in [9.17, 15) is 9.90 Å². The first-order chi connectivity index (χ1) is 9.12. The number of methoxy groups -OCH3 is 1. The van der Waals surface area contributed by atoms with Gasteiger partial charge in [0.25, 0.3) is 5.91 Å². The molecule has 0 radical (unpaired) electrons. The molecule has 1 aromatic rings. The topological polar surface area (TPSA) is 49.8 Å². The van der Waals surface area contributed by atoms with E-state index in [1.54, 1.807) is 19.1 Å². The molecular weight excluding hydrogens is 242 g/mol. The Balaban J connectivity index is 2.58. The fourth-order valence-electron chi connectivity index (χ4n) is 2.44. The van der Waals surface area contributed by atoms with Crippen LogP contribution in [-0.4, -0.2) is 42.7 Å². The number of carbonyl (C=O) groups excluding carboxylic acids is 1. The highest BCUT2D eigenvalue weighted by Gasteiger charge is 2.29. The van der Waals surface area contributed by atoms with Crippen molar-refractivity contribution < 1.29 is 14.6 Å². The second-order valence-corrected chi connectivity index (χ2v) is 4.68. The summed E-state index contributed by atoms with van der Waals surface area (Å²) in [6.45, 7) is 1.81. The van der Waals surface area contributed by atoms with Crippen LogP contribution in [0.3, 0.4) is 0 Å². The maximum absolute atomic E-state index is 12.4. The van der Waals surface area contributed by atoms with Gasteiger partial charge in [-0.15, -0.1) is 0 Å². The molecule has 4 heteroatoms. The first-order valence-electron chi connectivity index (χ1n) is 6.34. The third-order valence-electron chi connectivity index (χ3n) is 3.66. The summed E-state index contributed by atoms with van der Waals surface area (Å²) in [5.41, 5.74) is 2.62. The first-order valence-corrected chi connectivity index (χ1v) is 6.34. The van der Waals surface area contributed by atoms with Gasteiger partial charge in [0.1, 0.15) is 5.75 Å². The minimum Gasteiger partial charge on any atom is -0.497 e. The van der Waals surface area contributed by atoms with Crippen molar-refractivity contribution in [3.8, 4) is 5.75 Å². The molecular formula is C15H19NO3. The molecule has 1 aliphatic rings. The predicted molar refractivity (Wildman–Crippen MR) is 74.0 cm³/mol. The van der Waals surface area contributed by atoms with Gasteiger partial charge in [0.05, 0.1) is 19.8 Å². The number of benzene rings is 1. The van der Waals surface area contributed by atoms with E-state index in [0.717, 1.165) is 16.9 Å². The van der Waals surface area contributed by atoms with Crippen molar-refractivity contribution in [1.82, 2.24) is 4.90 Å². The third-order valence-corrected chi connectivity index (χ3v) is 3.66. The molecule has 19 heavy (non-hydrogen) atoms. The lowest BCUT2D eigenvalue weighted by atomic mass is 9.97. The maximum atomic E-state index is 12.4. The Bertz CT molecular complexity index is 522. The van der Waals surface area contributed by atoms with E-state index in [2.05, 4.69) is 0 Å². The molecule has 102 valence electrons. The minimum atomic E-state index is -0.183. The molecule has 0 aromatic heterocycles. The van der Waals surface area contributed by atoms with Gasteiger partial charge in [0.15, 0.2) is 0 Å². The summed E-state index contributed by atoms with van der Waals surface area (Å²) in [5, 5.41) is 9.45. The van der Waals surface area contributed by atoms with Crippen LogP contribution in [-0.2, 0) is 11.2 Å². The zero-order valence-corrected chi connectivity index (χ0v) is 11.5. The number of ether oxygens (including phenoxy) is 1. The number of aliphatic hydroxyl groups excluding tert-OH is 1. The molecule has 0 unspecified atom stereocenters. The lowest BCUT2D eigenvalue weighted by Gasteiger charge is -2.24. The largest absolute Gasteiger partial charge is 0.497 e. The number of fused-ring (bicyclic) bond motifs is 1. The normalized spacial score (nSPS) is 21.3. The standard InChI is InChI=1S/C15H19NO3/c1-4-13-14-8-12(19-3)6-5-10(14)7-11(9-17)16(2)15(13)18/h4-6,8,11,17H,7,9H2,1-3H3/b13-4-/t11-/m1/s1. The van der Waals surface area contributed by atoms with Crippen LogP contribution in [0.5, 0.6) is 5.75 Å². The predicted octanol–water partition coefficient (Wildman–Crippen LogP) is 1.47. The second kappa shape index (κ2) is 5.45. The number of aliphatic hydroxyl groups is 1. The number of rotatable bonds is 2. The molecule has 0 bridgehead atoms. The lowest BCUT2D eigenvalue weighted by molar-refractivity contribution is -0.126. The van der Waals surface area contributed by atoms with E-state index in [1.807, 2.05) is 31.2 Å². The average Bonchev–Trinajstić information content (AvgIpc) is 2.54. The van der Waals surface area contributed by atoms with E-state index < -0.39 is 0 Å². The number of hydrogen-bond donors (Lipinski definition) is 1. The van der Waals surface area contributed by atoms with Gasteiger partial charge in [-0.1, -0.05) is 12.1 Å². The van der Waals surface area contributed by atoms with Crippen LogP contribution in [0.1, 0.15) is 18.1 Å². The molecule has 1 N–H and O–H groups in total. The van der Waals surface area contributed by atoms with Crippen LogP contribution in [0.2, 0.25) is 0 Å². The van der Waals surface area contributed by atoms with E-state index in [1.165, 1.54) is 0 Å². The van der Waals surface area contributed by atoms with Crippen LogP contribution in [0.25, 0.3) is 5.57 Å². The van der Waals surface area contributed by atoms with Crippen LogP contribution in [0.15, 0.2) is 24.3 Å². The third kappa shape index (κ3) is 2.36. The van der Waals surface area contributed by atoms with Crippen molar-refractivity contribution in [3.63, 3.8) is 0 Å². The molecule has 1 atom stereocenters. The lowest BCUT2D eigenvalue weighted by Crippen LogP contribution is -2.39. The summed E-state index contributed by atoms with van der Waals surface area (Å²) < 4.78 is 5.23. The summed E-state index contributed by atoms with van der Waals surface area (Å²) in [5.74, 6) is 0.671. The summed E-state index contributed by atoms with van der Waals surface area (Å²) in [6.07, 6.45) is 2.46. The molecule has 0 aliphatic carbocycles. The number of carbonyl (C=O) groups is 1. The SMILES string of the molecule is C/C=C1\C(=O)N(C)[C@@H](CO)Cc2ccc(OC)cc21. The second-order valence-electron chi connectivity index (χ2n) is 4.68. The zero-order valence-electron chi connectivity index (χ0n) is 11.5.